The summed E-state index contributed by atoms with van der Waals surface area (Å²) in [5.74, 6) is 0.0975. The molecule has 0 aliphatic carbocycles. The maximum absolute atomic E-state index is 12.8. The van der Waals surface area contributed by atoms with Crippen LogP contribution in [0.25, 0.3) is 0 Å². The van der Waals surface area contributed by atoms with Crippen LogP contribution in [-0.2, 0) is 0 Å². The van der Waals surface area contributed by atoms with Crippen molar-refractivity contribution >= 4 is 21.8 Å². The molecule has 1 aromatic heterocycles. The molecule has 6 heteroatoms. The molecule has 5 nitrogen and oxygen atoms in total. The summed E-state index contributed by atoms with van der Waals surface area (Å²) < 4.78 is 2.96. The van der Waals surface area contributed by atoms with E-state index in [4.69, 9.17) is 5.11 Å². The highest BCUT2D eigenvalue weighted by Gasteiger charge is 2.23. The zero-order chi connectivity index (χ0) is 15.4. The van der Waals surface area contributed by atoms with E-state index in [1.807, 2.05) is 21.7 Å². The Balaban J connectivity index is 2.09. The van der Waals surface area contributed by atoms with E-state index in [0.29, 0.717) is 6.54 Å². The van der Waals surface area contributed by atoms with Gasteiger partial charge in [0.15, 0.2) is 0 Å². The largest absolute Gasteiger partial charge is 0.395 e. The summed E-state index contributed by atoms with van der Waals surface area (Å²) in [6, 6.07) is 2.16. The monoisotopic (exact) mass is 357 g/mol. The second kappa shape index (κ2) is 7.42. The number of rotatable bonds is 4. The first-order valence-corrected chi connectivity index (χ1v) is 8.32. The molecule has 21 heavy (non-hydrogen) atoms. The van der Waals surface area contributed by atoms with Gasteiger partial charge in [-0.15, -0.1) is 0 Å². The van der Waals surface area contributed by atoms with Crippen LogP contribution in [0.15, 0.2) is 16.7 Å². The second-order valence-corrected chi connectivity index (χ2v) is 6.67. The third-order valence-corrected chi connectivity index (χ3v) is 4.32. The number of halogens is 1. The van der Waals surface area contributed by atoms with Crippen molar-refractivity contribution in [2.45, 2.75) is 26.3 Å². The molecule has 0 bridgehead atoms. The van der Waals surface area contributed by atoms with Crippen LogP contribution in [0.2, 0.25) is 0 Å². The van der Waals surface area contributed by atoms with Crippen LogP contribution in [0.3, 0.4) is 0 Å². The van der Waals surface area contributed by atoms with E-state index in [9.17, 15) is 4.79 Å². The lowest BCUT2D eigenvalue weighted by Crippen LogP contribution is -2.36. The van der Waals surface area contributed by atoms with Crippen molar-refractivity contribution in [2.75, 3.05) is 39.3 Å². The Labute approximate surface area is 134 Å². The number of carbonyl (C=O) groups excluding carboxylic acids is 1. The standard InChI is InChI=1S/C15H24BrN3O2/c1-12(2)19-11-13(16)10-14(19)15(21)18-5-3-4-17(6-7-18)8-9-20/h10-12,20H,3-9H2,1-2H3. The molecule has 0 atom stereocenters. The highest BCUT2D eigenvalue weighted by Crippen LogP contribution is 2.21. The number of amides is 1. The Hall–Kier alpha value is -0.850. The van der Waals surface area contributed by atoms with E-state index in [0.717, 1.165) is 42.8 Å². The molecule has 1 aliphatic heterocycles. The molecule has 0 spiro atoms. The van der Waals surface area contributed by atoms with Crippen molar-refractivity contribution in [1.29, 1.82) is 0 Å². The van der Waals surface area contributed by atoms with Gasteiger partial charge >= 0.3 is 0 Å². The van der Waals surface area contributed by atoms with E-state index < -0.39 is 0 Å². The summed E-state index contributed by atoms with van der Waals surface area (Å²) in [6.45, 7) is 8.30. The predicted molar refractivity (Wildman–Crippen MR) is 86.6 cm³/mol. The summed E-state index contributed by atoms with van der Waals surface area (Å²) in [5.41, 5.74) is 0.743. The molecule has 118 valence electrons. The van der Waals surface area contributed by atoms with Gasteiger partial charge in [-0.25, -0.2) is 0 Å². The lowest BCUT2D eigenvalue weighted by molar-refractivity contribution is 0.0748. The Morgan fingerprint density at radius 3 is 2.76 bits per heavy atom. The number of nitrogens with zero attached hydrogens (tertiary/aromatic N) is 3. The predicted octanol–water partition coefficient (Wildman–Crippen LogP) is 1.97. The number of β-amino-alcohol motifs (C(OH)–C–C–N with tert-alkyl or cyclic N) is 1. The molecule has 2 rings (SSSR count). The van der Waals surface area contributed by atoms with Crippen LogP contribution < -0.4 is 0 Å². The zero-order valence-electron chi connectivity index (χ0n) is 12.8. The number of hydrogen-bond acceptors (Lipinski definition) is 3. The Bertz CT molecular complexity index is 487. The summed E-state index contributed by atoms with van der Waals surface area (Å²) >= 11 is 3.46. The molecule has 1 amide bonds. The molecule has 1 saturated heterocycles. The smallest absolute Gasteiger partial charge is 0.270 e. The summed E-state index contributed by atoms with van der Waals surface area (Å²) in [6.07, 6.45) is 2.92. The van der Waals surface area contributed by atoms with Crippen molar-refractivity contribution in [3.05, 3.63) is 22.4 Å². The van der Waals surface area contributed by atoms with E-state index in [2.05, 4.69) is 34.7 Å². The molecule has 0 unspecified atom stereocenters. The van der Waals surface area contributed by atoms with Crippen molar-refractivity contribution in [3.63, 3.8) is 0 Å². The van der Waals surface area contributed by atoms with Crippen LogP contribution in [-0.4, -0.2) is 64.7 Å². The number of aliphatic hydroxyl groups excluding tert-OH is 1. The molecule has 1 aromatic rings. The van der Waals surface area contributed by atoms with Crippen molar-refractivity contribution in [2.24, 2.45) is 0 Å². The van der Waals surface area contributed by atoms with Crippen LogP contribution in [0, 0.1) is 0 Å². The van der Waals surface area contributed by atoms with Gasteiger partial charge in [-0.2, -0.15) is 0 Å². The van der Waals surface area contributed by atoms with Gasteiger partial charge < -0.3 is 14.6 Å². The summed E-state index contributed by atoms with van der Waals surface area (Å²) in [4.78, 5) is 16.9. The zero-order valence-corrected chi connectivity index (χ0v) is 14.3. The first kappa shape index (κ1) is 16.5. The topological polar surface area (TPSA) is 48.7 Å². The Morgan fingerprint density at radius 1 is 1.33 bits per heavy atom. The Morgan fingerprint density at radius 2 is 2.10 bits per heavy atom. The molecular formula is C15H24BrN3O2. The molecule has 0 radical (unpaired) electrons. The maximum atomic E-state index is 12.8. The fourth-order valence-corrected chi connectivity index (χ4v) is 3.18. The number of hydrogen-bond donors (Lipinski definition) is 1. The van der Waals surface area contributed by atoms with E-state index in [1.54, 1.807) is 0 Å². The normalized spacial score (nSPS) is 17.3. The van der Waals surface area contributed by atoms with Gasteiger partial charge in [0.25, 0.3) is 5.91 Å². The Kier molecular flexibility index (Phi) is 5.84. The molecule has 2 heterocycles. The van der Waals surface area contributed by atoms with Crippen LogP contribution in [0.5, 0.6) is 0 Å². The third-order valence-electron chi connectivity index (χ3n) is 3.88. The molecule has 1 N–H and O–H groups in total. The minimum atomic E-state index is 0.0975. The molecule has 0 saturated carbocycles. The number of aromatic nitrogens is 1. The van der Waals surface area contributed by atoms with Gasteiger partial charge in [0, 0.05) is 42.9 Å². The van der Waals surface area contributed by atoms with Crippen LogP contribution >= 0.6 is 15.9 Å². The third kappa shape index (κ3) is 4.08. The van der Waals surface area contributed by atoms with Crippen LogP contribution in [0.4, 0.5) is 0 Å². The van der Waals surface area contributed by atoms with Crippen molar-refractivity contribution in [1.82, 2.24) is 14.4 Å². The minimum Gasteiger partial charge on any atom is -0.395 e. The highest BCUT2D eigenvalue weighted by molar-refractivity contribution is 9.10. The van der Waals surface area contributed by atoms with Crippen LogP contribution in [0.1, 0.15) is 36.8 Å². The van der Waals surface area contributed by atoms with Gasteiger partial charge in [-0.05, 0) is 48.8 Å². The van der Waals surface area contributed by atoms with Gasteiger partial charge in [0.05, 0.1) is 6.61 Å². The lowest BCUT2D eigenvalue weighted by atomic mass is 10.3. The number of carbonyl (C=O) groups is 1. The van der Waals surface area contributed by atoms with E-state index >= 15 is 0 Å². The molecular weight excluding hydrogens is 334 g/mol. The molecule has 1 fully saturated rings. The quantitative estimate of drug-likeness (QED) is 0.895. The summed E-state index contributed by atoms with van der Waals surface area (Å²) in [7, 11) is 0. The number of aliphatic hydroxyl groups is 1. The highest BCUT2D eigenvalue weighted by atomic mass is 79.9. The summed E-state index contributed by atoms with van der Waals surface area (Å²) in [5, 5.41) is 9.03. The maximum Gasteiger partial charge on any atom is 0.270 e. The van der Waals surface area contributed by atoms with Gasteiger partial charge in [-0.1, -0.05) is 0 Å². The fraction of sp³-hybridized carbons (Fsp3) is 0.667. The average Bonchev–Trinajstić information content (AvgIpc) is 2.68. The first-order chi connectivity index (χ1) is 10.0. The fourth-order valence-electron chi connectivity index (χ4n) is 2.75. The second-order valence-electron chi connectivity index (χ2n) is 5.76. The van der Waals surface area contributed by atoms with Crippen molar-refractivity contribution < 1.29 is 9.90 Å². The first-order valence-electron chi connectivity index (χ1n) is 7.52. The van der Waals surface area contributed by atoms with Gasteiger partial charge in [-0.3, -0.25) is 9.69 Å². The van der Waals surface area contributed by atoms with E-state index in [1.165, 1.54) is 0 Å². The lowest BCUT2D eigenvalue weighted by Gasteiger charge is -2.23. The average molecular weight is 358 g/mol. The van der Waals surface area contributed by atoms with E-state index in [-0.39, 0.29) is 18.6 Å². The molecule has 1 aliphatic rings. The SMILES string of the molecule is CC(C)n1cc(Br)cc1C(=O)N1CCCN(CCO)CC1. The van der Waals surface area contributed by atoms with Gasteiger partial charge in [0.2, 0.25) is 0 Å². The van der Waals surface area contributed by atoms with Crippen molar-refractivity contribution in [3.8, 4) is 0 Å². The molecule has 0 aromatic carbocycles. The van der Waals surface area contributed by atoms with Gasteiger partial charge in [0.1, 0.15) is 5.69 Å². The minimum absolute atomic E-state index is 0.0975.